The van der Waals surface area contributed by atoms with E-state index in [1.165, 1.54) is 29.5 Å². The molecule has 146 valence electrons. The maximum atomic E-state index is 12.6. The molecule has 0 fully saturated rings. The topological polar surface area (TPSA) is 115 Å². The minimum absolute atomic E-state index is 0.0155. The van der Waals surface area contributed by atoms with Gasteiger partial charge in [0.15, 0.2) is 5.82 Å². The summed E-state index contributed by atoms with van der Waals surface area (Å²) in [5, 5.41) is 27.3. The number of benzene rings is 2. The van der Waals surface area contributed by atoms with Crippen LogP contribution in [-0.2, 0) is 6.42 Å². The van der Waals surface area contributed by atoms with Gasteiger partial charge in [-0.2, -0.15) is 9.61 Å². The Morgan fingerprint density at radius 2 is 2.07 bits per heavy atom. The molecule has 1 amide bonds. The van der Waals surface area contributed by atoms with Gasteiger partial charge in [-0.25, -0.2) is 0 Å². The van der Waals surface area contributed by atoms with E-state index in [4.69, 9.17) is 0 Å². The number of fused-ring (bicyclic) bond motifs is 1. The van der Waals surface area contributed by atoms with Crippen molar-refractivity contribution < 1.29 is 9.72 Å². The van der Waals surface area contributed by atoms with E-state index >= 15 is 0 Å². The number of rotatable bonds is 5. The number of nitro groups is 1. The molecular formula is C19H16N6O3S. The number of nitro benzene ring substituents is 1. The maximum Gasteiger partial charge on any atom is 0.272 e. The molecule has 0 aliphatic heterocycles. The van der Waals surface area contributed by atoms with Crippen LogP contribution in [0.3, 0.4) is 0 Å². The van der Waals surface area contributed by atoms with E-state index in [1.807, 2.05) is 25.1 Å². The van der Waals surface area contributed by atoms with Crippen LogP contribution in [0.5, 0.6) is 0 Å². The van der Waals surface area contributed by atoms with E-state index in [0.717, 1.165) is 22.8 Å². The molecule has 1 N–H and O–H groups in total. The fraction of sp³-hybridized carbons (Fsp3) is 0.158. The van der Waals surface area contributed by atoms with Crippen LogP contribution in [0.4, 0.5) is 11.4 Å². The predicted octanol–water partition coefficient (Wildman–Crippen LogP) is 3.88. The van der Waals surface area contributed by atoms with Crippen molar-refractivity contribution in [2.24, 2.45) is 0 Å². The minimum atomic E-state index is -0.467. The third-order valence-corrected chi connectivity index (χ3v) is 5.34. The Balaban J connectivity index is 1.58. The Hall–Kier alpha value is -3.66. The average Bonchev–Trinajstić information content (AvgIpc) is 3.28. The second kappa shape index (κ2) is 7.40. The lowest BCUT2D eigenvalue weighted by atomic mass is 10.1. The minimum Gasteiger partial charge on any atom is -0.322 e. The molecule has 29 heavy (non-hydrogen) atoms. The van der Waals surface area contributed by atoms with Crippen LogP contribution in [0.1, 0.15) is 28.7 Å². The summed E-state index contributed by atoms with van der Waals surface area (Å²) >= 11 is 1.42. The molecule has 0 saturated carbocycles. The number of aromatic nitrogens is 4. The summed E-state index contributed by atoms with van der Waals surface area (Å²) in [6.07, 6.45) is 0.731. The highest BCUT2D eigenvalue weighted by molar-refractivity contribution is 7.19. The van der Waals surface area contributed by atoms with E-state index < -0.39 is 4.92 Å². The first-order chi connectivity index (χ1) is 14.0. The number of anilines is 1. The van der Waals surface area contributed by atoms with Gasteiger partial charge in [-0.3, -0.25) is 14.9 Å². The van der Waals surface area contributed by atoms with Crippen LogP contribution in [0.2, 0.25) is 0 Å². The van der Waals surface area contributed by atoms with Crippen LogP contribution in [0.15, 0.2) is 42.5 Å². The van der Waals surface area contributed by atoms with Gasteiger partial charge in [0, 0.05) is 34.9 Å². The number of nitrogens with one attached hydrogen (secondary N) is 1. The van der Waals surface area contributed by atoms with Gasteiger partial charge in [0.05, 0.1) is 4.92 Å². The van der Waals surface area contributed by atoms with Crippen molar-refractivity contribution in [1.82, 2.24) is 19.8 Å². The van der Waals surface area contributed by atoms with Gasteiger partial charge in [0.1, 0.15) is 5.01 Å². The van der Waals surface area contributed by atoms with E-state index in [-0.39, 0.29) is 11.6 Å². The molecule has 0 atom stereocenters. The van der Waals surface area contributed by atoms with E-state index in [1.54, 1.807) is 17.5 Å². The number of carbonyl (C=O) groups is 1. The van der Waals surface area contributed by atoms with Gasteiger partial charge in [-0.15, -0.1) is 10.2 Å². The van der Waals surface area contributed by atoms with Crippen molar-refractivity contribution >= 4 is 33.6 Å². The van der Waals surface area contributed by atoms with Crippen molar-refractivity contribution in [2.75, 3.05) is 5.32 Å². The molecule has 0 spiro atoms. The van der Waals surface area contributed by atoms with Gasteiger partial charge in [-0.1, -0.05) is 30.4 Å². The first-order valence-electron chi connectivity index (χ1n) is 8.84. The zero-order valence-corrected chi connectivity index (χ0v) is 16.4. The zero-order valence-electron chi connectivity index (χ0n) is 15.6. The smallest absolute Gasteiger partial charge is 0.272 e. The molecule has 2 aromatic carbocycles. The summed E-state index contributed by atoms with van der Waals surface area (Å²) in [7, 11) is 0. The fourth-order valence-corrected chi connectivity index (χ4v) is 3.78. The van der Waals surface area contributed by atoms with Crippen molar-refractivity contribution in [3.8, 4) is 10.6 Å². The molecule has 2 aromatic heterocycles. The van der Waals surface area contributed by atoms with Gasteiger partial charge in [0.2, 0.25) is 4.96 Å². The predicted molar refractivity (Wildman–Crippen MR) is 109 cm³/mol. The summed E-state index contributed by atoms with van der Waals surface area (Å²) in [6.45, 7) is 3.60. The quantitative estimate of drug-likeness (QED) is 0.396. The zero-order chi connectivity index (χ0) is 20.5. The molecular weight excluding hydrogens is 392 g/mol. The highest BCUT2D eigenvalue weighted by Gasteiger charge is 2.15. The van der Waals surface area contributed by atoms with Crippen LogP contribution >= 0.6 is 11.3 Å². The number of hydrogen-bond donors (Lipinski definition) is 1. The van der Waals surface area contributed by atoms with Gasteiger partial charge >= 0.3 is 0 Å². The van der Waals surface area contributed by atoms with Crippen molar-refractivity contribution in [3.63, 3.8) is 0 Å². The number of hydrogen-bond acceptors (Lipinski definition) is 7. The molecule has 0 saturated heterocycles. The molecule has 10 heteroatoms. The molecule has 0 radical (unpaired) electrons. The summed E-state index contributed by atoms with van der Waals surface area (Å²) in [6, 6.07) is 11.6. The Kier molecular flexibility index (Phi) is 4.77. The summed E-state index contributed by atoms with van der Waals surface area (Å²) in [4.78, 5) is 23.8. The van der Waals surface area contributed by atoms with Crippen molar-refractivity contribution in [3.05, 3.63) is 69.5 Å². The van der Waals surface area contributed by atoms with Gasteiger partial charge in [0.25, 0.3) is 11.6 Å². The molecule has 0 aliphatic carbocycles. The Morgan fingerprint density at radius 1 is 1.24 bits per heavy atom. The van der Waals surface area contributed by atoms with E-state index in [2.05, 4.69) is 20.6 Å². The third kappa shape index (κ3) is 3.57. The van der Waals surface area contributed by atoms with Crippen LogP contribution in [0.25, 0.3) is 15.5 Å². The third-order valence-electron chi connectivity index (χ3n) is 4.39. The average molecular weight is 408 g/mol. The molecule has 4 aromatic rings. The Morgan fingerprint density at radius 3 is 2.79 bits per heavy atom. The molecule has 0 aliphatic rings. The second-order valence-corrected chi connectivity index (χ2v) is 7.32. The monoisotopic (exact) mass is 408 g/mol. The SMILES string of the molecule is CCc1nnc2sc(-c3cccc(NC(=O)c4ccc([N+](=O)[O-])c(C)c4)c3)nn12. The summed E-state index contributed by atoms with van der Waals surface area (Å²) < 4.78 is 1.73. The highest BCUT2D eigenvalue weighted by atomic mass is 32.1. The number of nitrogens with zero attached hydrogens (tertiary/aromatic N) is 5. The number of carbonyl (C=O) groups excluding carboxylic acids is 1. The lowest BCUT2D eigenvalue weighted by Crippen LogP contribution is -2.12. The van der Waals surface area contributed by atoms with Crippen molar-refractivity contribution in [2.45, 2.75) is 20.3 Å². The highest BCUT2D eigenvalue weighted by Crippen LogP contribution is 2.28. The van der Waals surface area contributed by atoms with Gasteiger partial charge in [-0.05, 0) is 31.2 Å². The molecule has 2 heterocycles. The lowest BCUT2D eigenvalue weighted by Gasteiger charge is -2.07. The molecule has 4 rings (SSSR count). The summed E-state index contributed by atoms with van der Waals surface area (Å²) in [5.74, 6) is 0.451. The largest absolute Gasteiger partial charge is 0.322 e. The van der Waals surface area contributed by atoms with Gasteiger partial charge < -0.3 is 5.32 Å². The normalized spacial score (nSPS) is 11.0. The standard InChI is InChI=1S/C19H16N6O3S/c1-3-16-21-22-19-24(16)23-18(29-19)13-5-4-6-14(10-13)20-17(26)12-7-8-15(25(27)28)11(2)9-12/h4-10H,3H2,1-2H3,(H,20,26). The molecule has 0 bridgehead atoms. The molecule has 9 nitrogen and oxygen atoms in total. The first-order valence-corrected chi connectivity index (χ1v) is 9.66. The van der Waals surface area contributed by atoms with E-state index in [0.29, 0.717) is 21.8 Å². The van der Waals surface area contributed by atoms with Crippen LogP contribution in [-0.4, -0.2) is 30.6 Å². The van der Waals surface area contributed by atoms with Crippen LogP contribution in [0, 0.1) is 17.0 Å². The number of amides is 1. The lowest BCUT2D eigenvalue weighted by molar-refractivity contribution is -0.385. The number of aryl methyl sites for hydroxylation is 2. The Bertz CT molecular complexity index is 1250. The van der Waals surface area contributed by atoms with E-state index in [9.17, 15) is 14.9 Å². The second-order valence-electron chi connectivity index (χ2n) is 6.36. The summed E-state index contributed by atoms with van der Waals surface area (Å²) in [5.41, 5.74) is 2.22. The fourth-order valence-electron chi connectivity index (χ4n) is 2.93. The first kappa shape index (κ1) is 18.7. The molecule has 0 unspecified atom stereocenters. The maximum absolute atomic E-state index is 12.6. The van der Waals surface area contributed by atoms with Crippen LogP contribution < -0.4 is 5.32 Å². The Labute approximate surface area is 169 Å². The van der Waals surface area contributed by atoms with Crippen molar-refractivity contribution in [1.29, 1.82) is 0 Å².